The number of aryl methyl sites for hydroxylation is 2. The van der Waals surface area contributed by atoms with E-state index in [9.17, 15) is 24.3 Å². The zero-order valence-electron chi connectivity index (χ0n) is 41.9. The van der Waals surface area contributed by atoms with Crippen molar-refractivity contribution < 1.29 is 37.7 Å². The lowest BCUT2D eigenvalue weighted by Gasteiger charge is -2.41. The van der Waals surface area contributed by atoms with Crippen LogP contribution in [-0.4, -0.2) is 132 Å². The van der Waals surface area contributed by atoms with Crippen molar-refractivity contribution in [3.63, 3.8) is 0 Å². The summed E-state index contributed by atoms with van der Waals surface area (Å²) >= 11 is 0. The van der Waals surface area contributed by atoms with Gasteiger partial charge in [0.05, 0.1) is 33.6 Å². The topological polar surface area (TPSA) is 189 Å². The Morgan fingerprint density at radius 1 is 0.973 bits per heavy atom. The van der Waals surface area contributed by atoms with Gasteiger partial charge in [-0.2, -0.15) is 9.97 Å². The number of halogens is 2. The predicted molar refractivity (Wildman–Crippen MR) is 277 cm³/mol. The first kappa shape index (κ1) is 48.9. The van der Waals surface area contributed by atoms with Crippen LogP contribution in [0.5, 0.6) is 6.01 Å². The largest absolute Gasteiger partial charge is 0.465 e. The maximum atomic E-state index is 17.3. The summed E-state index contributed by atoms with van der Waals surface area (Å²) in [6.45, 7) is 3.37. The first-order valence-electron chi connectivity index (χ1n) is 26.5. The molecule has 6 aromatic rings. The minimum atomic E-state index is -0.930. The van der Waals surface area contributed by atoms with Crippen LogP contribution in [0.2, 0.25) is 0 Å². The molecule has 6 aliphatic rings. The first-order valence-corrected chi connectivity index (χ1v) is 26.5. The van der Waals surface area contributed by atoms with E-state index in [0.29, 0.717) is 90.5 Å². The molecule has 5 unspecified atom stereocenters. The Hall–Kier alpha value is -7.01. The van der Waals surface area contributed by atoms with Crippen molar-refractivity contribution in [2.45, 2.75) is 125 Å². The van der Waals surface area contributed by atoms with Crippen molar-refractivity contribution in [1.29, 1.82) is 0 Å². The van der Waals surface area contributed by atoms with Gasteiger partial charge < -0.3 is 29.7 Å². The molecule has 0 spiro atoms. The molecule has 3 aromatic heterocycles. The minimum absolute atomic E-state index is 0.00162. The summed E-state index contributed by atoms with van der Waals surface area (Å²) in [5.74, 6) is 0.967. The first-order chi connectivity index (χ1) is 36.4. The van der Waals surface area contributed by atoms with E-state index in [4.69, 9.17) is 25.9 Å². The van der Waals surface area contributed by atoms with Crippen LogP contribution in [0.3, 0.4) is 0 Å². The van der Waals surface area contributed by atoms with E-state index in [1.54, 1.807) is 42.4 Å². The third-order valence-corrected chi connectivity index (χ3v) is 17.2. The number of nitrogens with one attached hydrogen (secondary N) is 2. The highest BCUT2D eigenvalue weighted by Crippen LogP contribution is 2.45. The van der Waals surface area contributed by atoms with E-state index < -0.39 is 29.7 Å². The number of imidazole rings is 1. The average Bonchev–Trinajstić information content (AvgIpc) is 4.15. The highest BCUT2D eigenvalue weighted by molar-refractivity contribution is 6.02. The van der Waals surface area contributed by atoms with E-state index in [0.717, 1.165) is 57.1 Å². The van der Waals surface area contributed by atoms with Crippen LogP contribution in [0.1, 0.15) is 94.2 Å². The van der Waals surface area contributed by atoms with Gasteiger partial charge in [0.2, 0.25) is 11.8 Å². The van der Waals surface area contributed by atoms with Crippen LogP contribution in [-0.2, 0) is 27.8 Å². The number of amides is 3. The minimum Gasteiger partial charge on any atom is -0.465 e. The lowest BCUT2D eigenvalue weighted by molar-refractivity contribution is -0.135. The fraction of sp³-hybridized carbons (Fsp3) is 0.482. The number of imide groups is 1. The fourth-order valence-corrected chi connectivity index (χ4v) is 13.5. The molecule has 0 saturated carbocycles. The molecule has 6 saturated heterocycles. The predicted octanol–water partition coefficient (Wildman–Crippen LogP) is 6.60. The number of piperidine rings is 2. The number of piperazine rings is 1. The Morgan fingerprint density at radius 2 is 1.81 bits per heavy atom. The Morgan fingerprint density at radius 3 is 2.61 bits per heavy atom. The highest BCUT2D eigenvalue weighted by Gasteiger charge is 2.51. The van der Waals surface area contributed by atoms with Gasteiger partial charge in [-0.3, -0.25) is 33.9 Å². The molecular weight excluding hydrogens is 963 g/mol. The standard InChI is InChI=1S/C56H60F2N10O7/c1-3-39-42(57)14-11-33-8-4-9-40(47(33)39)49-48(58)50-41(28-59-49)51(65-29-34-12-13-35(30-65)60-34)63-53(62-50)75-31-56-20-6-22-67(56)36(18-21-56)26-37-27-38(19-23-66(37)55(72)73)74-24-5-7-32-10-15-43-45(25-32)64(2)54(71)68(43)44-16-17-46(69)61-52(44)70/h1,4,8-11,14-15,25,28,34-38,44,60H,5-7,12-13,16-24,26-27,29-31H2,2H3,(H,72,73)(H,61,69,70)/t34?,35?,36-,37?,38?,44?,56-/m0/s1. The summed E-state index contributed by atoms with van der Waals surface area (Å²) < 4.78 is 48.5. The molecule has 7 atom stereocenters. The smallest absolute Gasteiger partial charge is 0.407 e. The third kappa shape index (κ3) is 8.83. The van der Waals surface area contributed by atoms with E-state index in [1.165, 1.54) is 15.2 Å². The van der Waals surface area contributed by atoms with Crippen LogP contribution in [0.25, 0.3) is 44.0 Å². The molecule has 390 valence electrons. The maximum absolute atomic E-state index is 17.3. The zero-order valence-corrected chi connectivity index (χ0v) is 41.9. The average molecular weight is 1020 g/mol. The lowest BCUT2D eigenvalue weighted by Crippen LogP contribution is -2.52. The number of pyridine rings is 1. The van der Waals surface area contributed by atoms with Crippen molar-refractivity contribution in [1.82, 2.24) is 44.5 Å². The summed E-state index contributed by atoms with van der Waals surface area (Å²) in [6, 6.07) is 13.7. The quantitative estimate of drug-likeness (QED) is 0.0638. The summed E-state index contributed by atoms with van der Waals surface area (Å²) in [5, 5.41) is 17.9. The molecule has 12 rings (SSSR count). The number of likely N-dealkylation sites (tertiary alicyclic amines) is 1. The van der Waals surface area contributed by atoms with Gasteiger partial charge in [-0.15, -0.1) is 6.42 Å². The van der Waals surface area contributed by atoms with Crippen molar-refractivity contribution in [2.24, 2.45) is 7.05 Å². The van der Waals surface area contributed by atoms with Crippen LogP contribution in [0.4, 0.5) is 19.4 Å². The Bertz CT molecular complexity index is 3380. The summed E-state index contributed by atoms with van der Waals surface area (Å²) in [5.41, 5.74) is 2.19. The number of carboxylic acid groups (broad SMARTS) is 1. The second-order valence-electron chi connectivity index (χ2n) is 21.5. The van der Waals surface area contributed by atoms with Gasteiger partial charge in [-0.25, -0.2) is 18.4 Å². The number of terminal acetylenes is 1. The van der Waals surface area contributed by atoms with E-state index in [-0.39, 0.29) is 89.6 Å². The number of nitrogens with zero attached hydrogens (tertiary/aromatic N) is 8. The molecule has 6 aliphatic heterocycles. The van der Waals surface area contributed by atoms with Crippen LogP contribution >= 0.6 is 0 Å². The van der Waals surface area contributed by atoms with Gasteiger partial charge in [0.1, 0.15) is 35.5 Å². The second kappa shape index (κ2) is 19.6. The third-order valence-electron chi connectivity index (χ3n) is 17.2. The number of aromatic nitrogens is 5. The van der Waals surface area contributed by atoms with Crippen LogP contribution in [0.15, 0.2) is 59.5 Å². The molecule has 6 fully saturated rings. The summed E-state index contributed by atoms with van der Waals surface area (Å²) in [4.78, 5) is 71.1. The number of fused-ring (bicyclic) bond motifs is 6. The molecule has 3 N–H and O–H groups in total. The Labute approximate surface area is 431 Å². The summed E-state index contributed by atoms with van der Waals surface area (Å²) in [7, 11) is 1.68. The van der Waals surface area contributed by atoms with Crippen molar-refractivity contribution in [3.8, 4) is 29.6 Å². The number of rotatable bonds is 13. The summed E-state index contributed by atoms with van der Waals surface area (Å²) in [6.07, 6.45) is 15.7. The van der Waals surface area contributed by atoms with Gasteiger partial charge in [-0.05, 0) is 113 Å². The number of hydrogen-bond donors (Lipinski definition) is 3. The molecule has 0 aliphatic carbocycles. The maximum Gasteiger partial charge on any atom is 0.407 e. The molecule has 9 heterocycles. The molecule has 0 radical (unpaired) electrons. The number of carbonyl (C=O) groups is 3. The number of carbonyl (C=O) groups excluding carboxylic acids is 2. The van der Waals surface area contributed by atoms with E-state index in [1.807, 2.05) is 18.2 Å². The fourth-order valence-electron chi connectivity index (χ4n) is 13.5. The highest BCUT2D eigenvalue weighted by atomic mass is 19.1. The van der Waals surface area contributed by atoms with Crippen molar-refractivity contribution >= 4 is 56.4 Å². The number of ether oxygens (including phenoxy) is 2. The van der Waals surface area contributed by atoms with E-state index >= 15 is 8.78 Å². The zero-order chi connectivity index (χ0) is 51.7. The molecule has 17 nitrogen and oxygen atoms in total. The van der Waals surface area contributed by atoms with E-state index in [2.05, 4.69) is 31.3 Å². The second-order valence-corrected chi connectivity index (χ2v) is 21.5. The number of hydrogen-bond acceptors (Lipinski definition) is 12. The van der Waals surface area contributed by atoms with Gasteiger partial charge in [0, 0.05) is 81.0 Å². The van der Waals surface area contributed by atoms with Gasteiger partial charge in [0.15, 0.2) is 5.82 Å². The van der Waals surface area contributed by atoms with Crippen LogP contribution in [0, 0.1) is 24.0 Å². The normalized spacial score (nSPS) is 25.8. The molecule has 75 heavy (non-hydrogen) atoms. The number of anilines is 1. The van der Waals surface area contributed by atoms with Crippen molar-refractivity contribution in [2.75, 3.05) is 44.3 Å². The van der Waals surface area contributed by atoms with Crippen LogP contribution < -0.4 is 26.0 Å². The monoisotopic (exact) mass is 1020 g/mol. The SMILES string of the molecule is C#Cc1c(F)ccc2cccc(-c3ncc4c(N5CC6CCC(C5)N6)nc(OC[C@@]56CCCN5[C@H](CC5CC(OCCCc7ccc8c(c7)n(C)c(=O)n8C7CCC(=O)NC7=O)CCN5C(=O)O)CC6)nc4c3F)c12. The molecular formula is C56H60F2N10O7. The van der Waals surface area contributed by atoms with Gasteiger partial charge in [0.25, 0.3) is 0 Å². The lowest BCUT2D eigenvalue weighted by atomic mass is 9.92. The van der Waals surface area contributed by atoms with Crippen molar-refractivity contribution in [3.05, 3.63) is 88.0 Å². The molecule has 3 aromatic carbocycles. The Kier molecular flexibility index (Phi) is 12.8. The molecule has 3 amide bonds. The van der Waals surface area contributed by atoms with Gasteiger partial charge in [-0.1, -0.05) is 36.3 Å². The molecule has 2 bridgehead atoms. The van der Waals surface area contributed by atoms with Gasteiger partial charge >= 0.3 is 17.8 Å². The number of benzene rings is 3. The Balaban J connectivity index is 0.735. The molecule has 19 heteroatoms.